The highest BCUT2D eigenvalue weighted by Crippen LogP contribution is 2.14. The van der Waals surface area contributed by atoms with Crippen LogP contribution in [0, 0.1) is 0 Å². The SMILES string of the molecule is CC/C=C/C/C=C/C/C=C/CCCCCCC(=O)OCC(COCCC(C(=O)[O-])[N+](C)(C)C)OC(=O)CCCCCCCCCCC/C=C/C/C=C/C/C=C/CCCCC. The van der Waals surface area contributed by atoms with Crippen molar-refractivity contribution in [1.82, 2.24) is 0 Å². The third-order valence-electron chi connectivity index (χ3n) is 10.3. The Hall–Kier alpha value is -3.23. The number of hydrogen-bond acceptors (Lipinski definition) is 7. The van der Waals surface area contributed by atoms with E-state index in [0.717, 1.165) is 89.9 Å². The molecular formula is C52H89NO7. The molecule has 0 saturated heterocycles. The van der Waals surface area contributed by atoms with Gasteiger partial charge in [-0.05, 0) is 83.5 Å². The van der Waals surface area contributed by atoms with Crippen molar-refractivity contribution in [2.24, 2.45) is 0 Å². The summed E-state index contributed by atoms with van der Waals surface area (Å²) in [6.07, 6.45) is 53.5. The molecule has 0 radical (unpaired) electrons. The standard InChI is InChI=1S/C52H89NO7/c1-6-8-10-12-14-16-18-20-22-23-24-25-26-27-28-29-31-33-35-37-39-41-43-51(55)60-48(46-58-45-44-49(52(56)57)53(3,4)5)47-59-50(54)42-40-38-36-34-32-30-21-19-17-15-13-11-9-7-2/h9,11,14-17,20-22,24-25,30,48-49H,6-8,10,12-13,18-19,23,26-29,31-47H2,1-5H3/b11-9+,16-14+,17-15+,22-20+,25-24+,30-21+. The van der Waals surface area contributed by atoms with Gasteiger partial charge in [0, 0.05) is 19.3 Å². The van der Waals surface area contributed by atoms with Gasteiger partial charge >= 0.3 is 11.9 Å². The molecule has 0 heterocycles. The van der Waals surface area contributed by atoms with Gasteiger partial charge in [0.25, 0.3) is 0 Å². The summed E-state index contributed by atoms with van der Waals surface area (Å²) in [5, 5.41) is 11.6. The van der Waals surface area contributed by atoms with Crippen LogP contribution in [-0.4, -0.2) is 75.5 Å². The fourth-order valence-electron chi connectivity index (χ4n) is 6.62. The van der Waals surface area contributed by atoms with Crippen molar-refractivity contribution in [3.8, 4) is 0 Å². The van der Waals surface area contributed by atoms with Crippen LogP contribution in [0.15, 0.2) is 72.9 Å². The van der Waals surface area contributed by atoms with E-state index in [1.54, 1.807) is 21.1 Å². The molecule has 0 aliphatic carbocycles. The second-order valence-electron chi connectivity index (χ2n) is 17.0. The summed E-state index contributed by atoms with van der Waals surface area (Å²) in [6, 6.07) is -0.733. The first-order valence-corrected chi connectivity index (χ1v) is 24.0. The topological polar surface area (TPSA) is 102 Å². The number of ether oxygens (including phenoxy) is 3. The Morgan fingerprint density at radius 1 is 0.517 bits per heavy atom. The molecule has 60 heavy (non-hydrogen) atoms. The number of carboxylic acid groups (broad SMARTS) is 1. The monoisotopic (exact) mass is 840 g/mol. The third-order valence-corrected chi connectivity index (χ3v) is 10.3. The maximum atomic E-state index is 12.8. The number of unbranched alkanes of at least 4 members (excludes halogenated alkanes) is 16. The van der Waals surface area contributed by atoms with Gasteiger partial charge in [0.2, 0.25) is 0 Å². The molecule has 0 saturated carbocycles. The summed E-state index contributed by atoms with van der Waals surface area (Å²) in [4.78, 5) is 36.9. The van der Waals surface area contributed by atoms with Crippen LogP contribution in [-0.2, 0) is 28.6 Å². The van der Waals surface area contributed by atoms with Gasteiger partial charge in [-0.3, -0.25) is 9.59 Å². The molecule has 8 nitrogen and oxygen atoms in total. The smallest absolute Gasteiger partial charge is 0.306 e. The Labute approximate surface area is 368 Å². The lowest BCUT2D eigenvalue weighted by atomic mass is 10.1. The molecule has 0 aliphatic rings. The number of carbonyl (C=O) groups excluding carboxylic acids is 3. The average Bonchev–Trinajstić information content (AvgIpc) is 3.21. The molecule has 0 fully saturated rings. The Bertz CT molecular complexity index is 1210. The number of aliphatic carboxylic acids is 1. The van der Waals surface area contributed by atoms with Crippen molar-refractivity contribution in [3.05, 3.63) is 72.9 Å². The molecule has 0 N–H and O–H groups in total. The van der Waals surface area contributed by atoms with Crippen LogP contribution >= 0.6 is 0 Å². The predicted octanol–water partition coefficient (Wildman–Crippen LogP) is 12.2. The lowest BCUT2D eigenvalue weighted by Crippen LogP contribution is -2.55. The molecule has 0 amide bonds. The summed E-state index contributed by atoms with van der Waals surface area (Å²) in [7, 11) is 5.40. The van der Waals surface area contributed by atoms with E-state index in [1.807, 2.05) is 0 Å². The minimum absolute atomic E-state index is 0.0279. The number of esters is 2. The Morgan fingerprint density at radius 3 is 1.38 bits per heavy atom. The van der Waals surface area contributed by atoms with E-state index >= 15 is 0 Å². The third kappa shape index (κ3) is 40.2. The lowest BCUT2D eigenvalue weighted by Gasteiger charge is -2.34. The van der Waals surface area contributed by atoms with E-state index in [4.69, 9.17) is 14.2 Å². The molecule has 0 aromatic carbocycles. The maximum absolute atomic E-state index is 12.8. The van der Waals surface area contributed by atoms with Crippen LogP contribution in [0.25, 0.3) is 0 Å². The molecule has 0 bridgehead atoms. The highest BCUT2D eigenvalue weighted by atomic mass is 16.6. The zero-order chi connectivity index (χ0) is 44.2. The number of quaternary nitrogens is 1. The van der Waals surface area contributed by atoms with E-state index in [-0.39, 0.29) is 42.7 Å². The van der Waals surface area contributed by atoms with Crippen molar-refractivity contribution < 1.29 is 38.2 Å². The fourth-order valence-corrected chi connectivity index (χ4v) is 6.62. The van der Waals surface area contributed by atoms with Gasteiger partial charge in [0.15, 0.2) is 6.10 Å². The quantitative estimate of drug-likeness (QED) is 0.0261. The zero-order valence-corrected chi connectivity index (χ0v) is 39.1. The van der Waals surface area contributed by atoms with Crippen molar-refractivity contribution in [3.63, 3.8) is 0 Å². The Balaban J connectivity index is 4.31. The molecule has 2 unspecified atom stereocenters. The second kappa shape index (κ2) is 42.5. The largest absolute Gasteiger partial charge is 0.544 e. The van der Waals surface area contributed by atoms with Crippen molar-refractivity contribution in [2.75, 3.05) is 41.0 Å². The first kappa shape index (κ1) is 56.8. The normalized spacial score (nSPS) is 13.6. The lowest BCUT2D eigenvalue weighted by molar-refractivity contribution is -0.889. The summed E-state index contributed by atoms with van der Waals surface area (Å²) in [5.41, 5.74) is 0. The van der Waals surface area contributed by atoms with Crippen molar-refractivity contribution in [2.45, 2.75) is 199 Å². The van der Waals surface area contributed by atoms with Crippen molar-refractivity contribution in [1.29, 1.82) is 0 Å². The summed E-state index contributed by atoms with van der Waals surface area (Å²) < 4.78 is 17.2. The van der Waals surface area contributed by atoms with Gasteiger partial charge in [0.1, 0.15) is 12.6 Å². The summed E-state index contributed by atoms with van der Waals surface area (Å²) in [5.74, 6) is -1.78. The van der Waals surface area contributed by atoms with Gasteiger partial charge in [-0.15, -0.1) is 0 Å². The average molecular weight is 840 g/mol. The molecule has 0 aliphatic heterocycles. The summed E-state index contributed by atoms with van der Waals surface area (Å²) in [6.45, 7) is 4.49. The van der Waals surface area contributed by atoms with Gasteiger partial charge in [-0.1, -0.05) is 157 Å². The first-order valence-electron chi connectivity index (χ1n) is 24.0. The van der Waals surface area contributed by atoms with Gasteiger partial charge < -0.3 is 28.6 Å². The van der Waals surface area contributed by atoms with E-state index in [9.17, 15) is 19.5 Å². The van der Waals surface area contributed by atoms with Crippen LogP contribution in [0.2, 0.25) is 0 Å². The van der Waals surface area contributed by atoms with E-state index in [0.29, 0.717) is 12.8 Å². The van der Waals surface area contributed by atoms with Gasteiger partial charge in [0.05, 0.1) is 40.3 Å². The molecule has 0 aromatic rings. The second-order valence-corrected chi connectivity index (χ2v) is 17.0. The number of carboxylic acids is 1. The molecule has 0 aromatic heterocycles. The minimum Gasteiger partial charge on any atom is -0.544 e. The van der Waals surface area contributed by atoms with Gasteiger partial charge in [-0.25, -0.2) is 0 Å². The Morgan fingerprint density at radius 2 is 0.933 bits per heavy atom. The number of carbonyl (C=O) groups is 3. The molecule has 0 spiro atoms. The molecular weight excluding hydrogens is 751 g/mol. The number of likely N-dealkylation sites (N-methyl/N-ethyl adjacent to an activating group) is 1. The van der Waals surface area contributed by atoms with Crippen LogP contribution in [0.4, 0.5) is 0 Å². The van der Waals surface area contributed by atoms with Crippen LogP contribution in [0.5, 0.6) is 0 Å². The molecule has 8 heteroatoms. The maximum Gasteiger partial charge on any atom is 0.306 e. The Kier molecular flexibility index (Phi) is 40.2. The van der Waals surface area contributed by atoms with Crippen LogP contribution in [0.3, 0.4) is 0 Å². The molecule has 344 valence electrons. The van der Waals surface area contributed by atoms with Crippen molar-refractivity contribution >= 4 is 17.9 Å². The van der Waals surface area contributed by atoms with E-state index < -0.39 is 18.1 Å². The fraction of sp³-hybridized carbons (Fsp3) is 0.712. The van der Waals surface area contributed by atoms with Gasteiger partial charge in [-0.2, -0.15) is 0 Å². The van der Waals surface area contributed by atoms with E-state index in [2.05, 4.69) is 86.8 Å². The van der Waals surface area contributed by atoms with Crippen LogP contribution in [0.1, 0.15) is 187 Å². The first-order chi connectivity index (χ1) is 29.1. The number of rotatable bonds is 42. The zero-order valence-electron chi connectivity index (χ0n) is 39.1. The predicted molar refractivity (Wildman–Crippen MR) is 249 cm³/mol. The molecule has 0 rings (SSSR count). The summed E-state index contributed by atoms with van der Waals surface area (Å²) >= 11 is 0. The van der Waals surface area contributed by atoms with E-state index in [1.165, 1.54) is 64.2 Å². The highest BCUT2D eigenvalue weighted by molar-refractivity contribution is 5.70. The highest BCUT2D eigenvalue weighted by Gasteiger charge is 2.25. The van der Waals surface area contributed by atoms with Crippen LogP contribution < -0.4 is 5.11 Å². The molecule has 2 atom stereocenters. The number of nitrogens with zero attached hydrogens (tertiary/aromatic N) is 1. The minimum atomic E-state index is -1.13. The number of hydrogen-bond donors (Lipinski definition) is 0. The number of allylic oxidation sites excluding steroid dienone is 12.